The Morgan fingerprint density at radius 2 is 1.41 bits per heavy atom. The van der Waals surface area contributed by atoms with Crippen LogP contribution in [0.15, 0.2) is 60.7 Å². The summed E-state index contributed by atoms with van der Waals surface area (Å²) in [6, 6.07) is 12.3. The molecule has 4 rings (SSSR count). The van der Waals surface area contributed by atoms with Gasteiger partial charge in [-0.2, -0.15) is 4.39 Å². The number of benzene rings is 3. The lowest BCUT2D eigenvalue weighted by molar-refractivity contribution is -0.00743. The summed E-state index contributed by atoms with van der Waals surface area (Å²) < 4.78 is 71.0. The van der Waals surface area contributed by atoms with Gasteiger partial charge in [-0.25, -0.2) is 13.2 Å². The van der Waals surface area contributed by atoms with E-state index in [2.05, 4.69) is 13.0 Å². The molecule has 1 fully saturated rings. The summed E-state index contributed by atoms with van der Waals surface area (Å²) in [5.41, 5.74) is 1.24. The van der Waals surface area contributed by atoms with Crippen LogP contribution in [0.5, 0.6) is 5.75 Å². The smallest absolute Gasteiger partial charge is 0.201 e. The van der Waals surface area contributed by atoms with E-state index in [4.69, 9.17) is 9.47 Å². The number of ether oxygens (including phenoxy) is 2. The van der Waals surface area contributed by atoms with Gasteiger partial charge in [0, 0.05) is 22.6 Å². The van der Waals surface area contributed by atoms with Gasteiger partial charge in [-0.05, 0) is 49.4 Å². The van der Waals surface area contributed by atoms with Crippen molar-refractivity contribution >= 4 is 0 Å². The fraction of sp³-hybridized carbons (Fsp3) is 0.394. The Hall–Kier alpha value is -3.12. The van der Waals surface area contributed by atoms with Gasteiger partial charge in [0.25, 0.3) is 0 Å². The third-order valence-electron chi connectivity index (χ3n) is 7.29. The van der Waals surface area contributed by atoms with E-state index in [-0.39, 0.29) is 22.4 Å². The van der Waals surface area contributed by atoms with Crippen molar-refractivity contribution in [3.8, 4) is 28.0 Å². The standard InChI is InChI=1S/C33H36F4O2/c1-3-5-6-7-8-20-38-29-19-17-26(31(35)33(29)37)24-13-11-23(12-14-24)25-15-16-27(32(36)30(25)34)28-18-10-22(9-4-2)21-39-28/h4,9,11-17,19,22,28H,3,5-8,10,18,20-21H2,1-2H3. The second kappa shape index (κ2) is 13.8. The highest BCUT2D eigenvalue weighted by Gasteiger charge is 2.26. The van der Waals surface area contributed by atoms with Crippen molar-refractivity contribution in [2.45, 2.75) is 64.9 Å². The first kappa shape index (κ1) is 28.9. The van der Waals surface area contributed by atoms with Crippen molar-refractivity contribution in [1.29, 1.82) is 0 Å². The van der Waals surface area contributed by atoms with Crippen LogP contribution in [0, 0.1) is 29.2 Å². The Morgan fingerprint density at radius 1 is 0.769 bits per heavy atom. The summed E-state index contributed by atoms with van der Waals surface area (Å²) in [7, 11) is 0. The minimum Gasteiger partial charge on any atom is -0.490 e. The number of halogens is 4. The molecule has 0 aromatic heterocycles. The summed E-state index contributed by atoms with van der Waals surface area (Å²) in [5, 5.41) is 0. The predicted molar refractivity (Wildman–Crippen MR) is 148 cm³/mol. The highest BCUT2D eigenvalue weighted by molar-refractivity contribution is 5.71. The second-order valence-corrected chi connectivity index (χ2v) is 10.1. The topological polar surface area (TPSA) is 18.5 Å². The average Bonchev–Trinajstić information content (AvgIpc) is 2.95. The molecule has 1 saturated heterocycles. The van der Waals surface area contributed by atoms with Gasteiger partial charge in [-0.1, -0.05) is 81.2 Å². The van der Waals surface area contributed by atoms with E-state index in [0.717, 1.165) is 38.5 Å². The number of allylic oxidation sites excluding steroid dienone is 1. The van der Waals surface area contributed by atoms with Crippen molar-refractivity contribution in [2.75, 3.05) is 13.2 Å². The molecule has 3 aromatic carbocycles. The number of unbranched alkanes of at least 4 members (excludes halogenated alkanes) is 4. The molecule has 1 aliphatic rings. The van der Waals surface area contributed by atoms with E-state index in [1.807, 2.05) is 13.0 Å². The van der Waals surface area contributed by atoms with Gasteiger partial charge in [0.1, 0.15) is 0 Å². The van der Waals surface area contributed by atoms with Crippen LogP contribution < -0.4 is 4.74 Å². The monoisotopic (exact) mass is 540 g/mol. The molecular formula is C33H36F4O2. The largest absolute Gasteiger partial charge is 0.490 e. The molecule has 0 bridgehead atoms. The van der Waals surface area contributed by atoms with E-state index in [1.54, 1.807) is 36.4 Å². The maximum atomic E-state index is 15.1. The molecule has 2 unspecified atom stereocenters. The third kappa shape index (κ3) is 6.91. The fourth-order valence-electron chi connectivity index (χ4n) is 5.06. The summed E-state index contributed by atoms with van der Waals surface area (Å²) in [5.74, 6) is -3.72. The van der Waals surface area contributed by atoms with Crippen molar-refractivity contribution in [3.05, 3.63) is 89.5 Å². The van der Waals surface area contributed by atoms with E-state index in [9.17, 15) is 8.78 Å². The Bertz CT molecular complexity index is 1260. The van der Waals surface area contributed by atoms with Gasteiger partial charge in [0.05, 0.1) is 19.3 Å². The first-order valence-electron chi connectivity index (χ1n) is 13.9. The molecule has 0 spiro atoms. The highest BCUT2D eigenvalue weighted by atomic mass is 19.2. The maximum absolute atomic E-state index is 15.1. The van der Waals surface area contributed by atoms with Gasteiger partial charge in [-0.15, -0.1) is 0 Å². The SMILES string of the molecule is CC=CC1CCC(c2ccc(-c3ccc(-c4ccc(OCCCCCCC)c(F)c4F)cc3)c(F)c2F)OC1. The zero-order valence-corrected chi connectivity index (χ0v) is 22.6. The van der Waals surface area contributed by atoms with Crippen LogP contribution in [0.4, 0.5) is 17.6 Å². The van der Waals surface area contributed by atoms with Gasteiger partial charge in [0.2, 0.25) is 5.82 Å². The fourth-order valence-corrected chi connectivity index (χ4v) is 5.06. The number of hydrogen-bond donors (Lipinski definition) is 0. The molecule has 0 N–H and O–H groups in total. The van der Waals surface area contributed by atoms with E-state index < -0.39 is 29.4 Å². The first-order chi connectivity index (χ1) is 18.9. The van der Waals surface area contributed by atoms with E-state index in [0.29, 0.717) is 36.7 Å². The van der Waals surface area contributed by atoms with Gasteiger partial charge < -0.3 is 9.47 Å². The van der Waals surface area contributed by atoms with E-state index in [1.165, 1.54) is 12.1 Å². The lowest BCUT2D eigenvalue weighted by Crippen LogP contribution is -2.20. The number of rotatable bonds is 11. The molecule has 1 heterocycles. The summed E-state index contributed by atoms with van der Waals surface area (Å²) in [6.45, 7) is 4.89. The zero-order chi connectivity index (χ0) is 27.8. The van der Waals surface area contributed by atoms with Crippen LogP contribution in [-0.2, 0) is 4.74 Å². The average molecular weight is 541 g/mol. The maximum Gasteiger partial charge on any atom is 0.201 e. The Balaban J connectivity index is 1.45. The molecular weight excluding hydrogens is 504 g/mol. The second-order valence-electron chi connectivity index (χ2n) is 10.1. The predicted octanol–water partition coefficient (Wildman–Crippen LogP) is 9.97. The van der Waals surface area contributed by atoms with Gasteiger partial charge in [-0.3, -0.25) is 0 Å². The van der Waals surface area contributed by atoms with Crippen LogP contribution in [0.1, 0.15) is 70.5 Å². The Kier molecular flexibility index (Phi) is 10.2. The molecule has 0 radical (unpaired) electrons. The quantitative estimate of drug-likeness (QED) is 0.137. The third-order valence-corrected chi connectivity index (χ3v) is 7.29. The summed E-state index contributed by atoms with van der Waals surface area (Å²) in [4.78, 5) is 0. The lowest BCUT2D eigenvalue weighted by atomic mass is 9.92. The minimum atomic E-state index is -1.03. The molecule has 0 saturated carbocycles. The molecule has 1 aliphatic heterocycles. The summed E-state index contributed by atoms with van der Waals surface area (Å²) in [6.07, 6.45) is 10.2. The van der Waals surface area contributed by atoms with E-state index >= 15 is 8.78 Å². The Morgan fingerprint density at radius 3 is 2.03 bits per heavy atom. The first-order valence-corrected chi connectivity index (χ1v) is 13.9. The number of hydrogen-bond acceptors (Lipinski definition) is 2. The zero-order valence-electron chi connectivity index (χ0n) is 22.6. The van der Waals surface area contributed by atoms with Crippen molar-refractivity contribution in [1.82, 2.24) is 0 Å². The summed E-state index contributed by atoms with van der Waals surface area (Å²) >= 11 is 0. The van der Waals surface area contributed by atoms with Gasteiger partial charge in [0.15, 0.2) is 23.2 Å². The molecule has 0 amide bonds. The van der Waals surface area contributed by atoms with Crippen LogP contribution in [0.3, 0.4) is 0 Å². The molecule has 2 atom stereocenters. The van der Waals surface area contributed by atoms with Crippen molar-refractivity contribution in [2.24, 2.45) is 5.92 Å². The Labute approximate surface area is 228 Å². The van der Waals surface area contributed by atoms with Crippen LogP contribution in [-0.4, -0.2) is 13.2 Å². The normalized spacial score (nSPS) is 17.6. The molecule has 39 heavy (non-hydrogen) atoms. The minimum absolute atomic E-state index is 0.0713. The molecule has 0 aliphatic carbocycles. The van der Waals surface area contributed by atoms with Crippen LogP contribution >= 0.6 is 0 Å². The molecule has 3 aromatic rings. The lowest BCUT2D eigenvalue weighted by Gasteiger charge is -2.28. The molecule has 6 heteroatoms. The molecule has 2 nitrogen and oxygen atoms in total. The van der Waals surface area contributed by atoms with Crippen molar-refractivity contribution in [3.63, 3.8) is 0 Å². The van der Waals surface area contributed by atoms with Crippen LogP contribution in [0.2, 0.25) is 0 Å². The van der Waals surface area contributed by atoms with Gasteiger partial charge >= 0.3 is 0 Å². The van der Waals surface area contributed by atoms with Crippen LogP contribution in [0.25, 0.3) is 22.3 Å². The molecule has 208 valence electrons. The van der Waals surface area contributed by atoms with Crippen molar-refractivity contribution < 1.29 is 27.0 Å². The highest BCUT2D eigenvalue weighted by Crippen LogP contribution is 2.37.